The molecule has 1 aliphatic rings. The fourth-order valence-electron chi connectivity index (χ4n) is 4.34. The van der Waals surface area contributed by atoms with E-state index in [2.05, 4.69) is 17.1 Å². The molecule has 2 heterocycles. The molecule has 34 heavy (non-hydrogen) atoms. The molecule has 0 aliphatic heterocycles. The lowest BCUT2D eigenvalue weighted by atomic mass is 10.1. The minimum absolute atomic E-state index is 0.104. The van der Waals surface area contributed by atoms with Gasteiger partial charge in [-0.1, -0.05) is 12.8 Å². The molecular formula is C23H20F3N5O2S. The third-order valence-electron chi connectivity index (χ3n) is 6.05. The van der Waals surface area contributed by atoms with Gasteiger partial charge in [0, 0.05) is 17.6 Å². The summed E-state index contributed by atoms with van der Waals surface area (Å²) < 4.78 is 66.9. The Kier molecular flexibility index (Phi) is 6.11. The first-order chi connectivity index (χ1) is 16.1. The van der Waals surface area contributed by atoms with Gasteiger partial charge in [0.25, 0.3) is 0 Å². The van der Waals surface area contributed by atoms with E-state index in [1.54, 1.807) is 22.9 Å². The van der Waals surface area contributed by atoms with Crippen LogP contribution < -0.4 is 4.72 Å². The minimum atomic E-state index is -4.73. The summed E-state index contributed by atoms with van der Waals surface area (Å²) in [7, 11) is -4.46. The Balaban J connectivity index is 1.83. The largest absolute Gasteiger partial charge is 0.404 e. The second-order valence-corrected chi connectivity index (χ2v) is 9.97. The van der Waals surface area contributed by atoms with Crippen molar-refractivity contribution in [3.8, 4) is 23.5 Å². The Bertz CT molecular complexity index is 1420. The monoisotopic (exact) mass is 487 g/mol. The molecule has 0 saturated heterocycles. The minimum Gasteiger partial charge on any atom is -0.335 e. The summed E-state index contributed by atoms with van der Waals surface area (Å²) in [5.41, 5.74) is 2.31. The molecule has 176 valence electrons. The Labute approximate surface area is 194 Å². The highest BCUT2D eigenvalue weighted by atomic mass is 32.2. The van der Waals surface area contributed by atoms with Gasteiger partial charge in [-0.15, -0.1) is 0 Å². The number of aromatic nitrogens is 2. The summed E-state index contributed by atoms with van der Waals surface area (Å²) in [4.78, 5) is 3.81. The maximum Gasteiger partial charge on any atom is 0.404 e. The van der Waals surface area contributed by atoms with Crippen LogP contribution in [0, 0.1) is 22.7 Å². The van der Waals surface area contributed by atoms with E-state index >= 15 is 0 Å². The number of alkyl halides is 3. The number of halogens is 3. The van der Waals surface area contributed by atoms with Gasteiger partial charge in [-0.25, -0.2) is 8.42 Å². The van der Waals surface area contributed by atoms with Crippen LogP contribution in [0.25, 0.3) is 22.3 Å². The Hall–Kier alpha value is -3.41. The summed E-state index contributed by atoms with van der Waals surface area (Å²) in [5, 5.41) is 19.9. The normalized spacial score (nSPS) is 15.8. The highest BCUT2D eigenvalue weighted by Gasteiger charge is 2.39. The van der Waals surface area contributed by atoms with Crippen molar-refractivity contribution in [1.82, 2.24) is 14.3 Å². The molecule has 7 nitrogen and oxygen atoms in total. The molecule has 0 bridgehead atoms. The number of fused-ring (bicyclic) bond motifs is 1. The SMILES string of the molecule is C[C@H](NS(=O)(=O)c1ccc(-c2c(C#N)c3cc(C#N)ccc3n2C2CCCC2)nc1)C(F)(F)F. The number of pyridine rings is 1. The lowest BCUT2D eigenvalue weighted by Crippen LogP contribution is -2.42. The molecule has 1 N–H and O–H groups in total. The Morgan fingerprint density at radius 2 is 1.85 bits per heavy atom. The van der Waals surface area contributed by atoms with Crippen LogP contribution >= 0.6 is 0 Å². The molecule has 0 unspecified atom stereocenters. The fraction of sp³-hybridized carbons (Fsp3) is 0.348. The van der Waals surface area contributed by atoms with Crippen LogP contribution in [-0.4, -0.2) is 30.2 Å². The predicted molar refractivity (Wildman–Crippen MR) is 118 cm³/mol. The van der Waals surface area contributed by atoms with Gasteiger partial charge in [0.05, 0.1) is 34.1 Å². The van der Waals surface area contributed by atoms with Crippen molar-refractivity contribution in [3.05, 3.63) is 47.7 Å². The molecule has 3 aromatic rings. The lowest BCUT2D eigenvalue weighted by molar-refractivity contribution is -0.147. The number of nitrogens with zero attached hydrogens (tertiary/aromatic N) is 4. The number of nitrogens with one attached hydrogen (secondary N) is 1. The van der Waals surface area contributed by atoms with Crippen LogP contribution in [0.2, 0.25) is 0 Å². The quantitative estimate of drug-likeness (QED) is 0.556. The first-order valence-corrected chi connectivity index (χ1v) is 12.1. The third kappa shape index (κ3) is 4.25. The van der Waals surface area contributed by atoms with E-state index in [-0.39, 0.29) is 6.04 Å². The van der Waals surface area contributed by atoms with Gasteiger partial charge in [-0.2, -0.15) is 28.4 Å². The highest BCUT2D eigenvalue weighted by Crippen LogP contribution is 2.41. The van der Waals surface area contributed by atoms with Gasteiger partial charge in [-0.05, 0) is 50.1 Å². The van der Waals surface area contributed by atoms with Gasteiger partial charge in [-0.3, -0.25) is 4.98 Å². The van der Waals surface area contributed by atoms with Crippen molar-refractivity contribution in [2.24, 2.45) is 0 Å². The Morgan fingerprint density at radius 1 is 1.15 bits per heavy atom. The van der Waals surface area contributed by atoms with Gasteiger partial charge < -0.3 is 4.57 Å². The molecule has 1 aromatic carbocycles. The van der Waals surface area contributed by atoms with E-state index in [4.69, 9.17) is 0 Å². The predicted octanol–water partition coefficient (Wildman–Crippen LogP) is 4.79. The maximum atomic E-state index is 12.8. The van der Waals surface area contributed by atoms with E-state index in [9.17, 15) is 32.1 Å². The molecule has 1 fully saturated rings. The van der Waals surface area contributed by atoms with Crippen molar-refractivity contribution in [2.45, 2.75) is 55.8 Å². The van der Waals surface area contributed by atoms with Gasteiger partial charge in [0.15, 0.2) is 0 Å². The van der Waals surface area contributed by atoms with Crippen LogP contribution in [0.15, 0.2) is 41.4 Å². The highest BCUT2D eigenvalue weighted by molar-refractivity contribution is 7.89. The second kappa shape index (κ2) is 8.75. The number of nitriles is 2. The molecule has 1 atom stereocenters. The van der Waals surface area contributed by atoms with Gasteiger partial charge in [0.2, 0.25) is 10.0 Å². The summed E-state index contributed by atoms with van der Waals surface area (Å²) >= 11 is 0. The van der Waals surface area contributed by atoms with Gasteiger partial charge in [0.1, 0.15) is 17.0 Å². The van der Waals surface area contributed by atoms with E-state index in [1.807, 2.05) is 4.57 Å². The summed E-state index contributed by atoms with van der Waals surface area (Å²) in [6.45, 7) is 0.716. The number of hydrogen-bond acceptors (Lipinski definition) is 5. The zero-order chi connectivity index (χ0) is 24.7. The topological polar surface area (TPSA) is 112 Å². The van der Waals surface area contributed by atoms with E-state index < -0.39 is 27.1 Å². The average Bonchev–Trinajstić information content (AvgIpc) is 3.43. The standard InChI is InChI=1S/C23H20F3N5O2S/c1-14(23(24,25)26)30-34(32,33)17-7-8-20(29-13-17)22-19(12-28)18-10-15(11-27)6-9-21(18)31(22)16-4-2-3-5-16/h6-10,13-14,16,30H,2-5H2,1H3/t14-/m0/s1. The molecule has 0 spiro atoms. The first kappa shape index (κ1) is 23.7. The van der Waals surface area contributed by atoms with Crippen molar-refractivity contribution >= 4 is 20.9 Å². The number of sulfonamides is 1. The van der Waals surface area contributed by atoms with Crippen LogP contribution in [-0.2, 0) is 10.0 Å². The molecular weight excluding hydrogens is 467 g/mol. The van der Waals surface area contributed by atoms with Crippen molar-refractivity contribution in [2.75, 3.05) is 0 Å². The zero-order valence-electron chi connectivity index (χ0n) is 18.1. The molecule has 1 saturated carbocycles. The molecule has 0 radical (unpaired) electrons. The number of hydrogen-bond donors (Lipinski definition) is 1. The van der Waals surface area contributed by atoms with E-state index in [1.165, 1.54) is 12.1 Å². The van der Waals surface area contributed by atoms with Crippen molar-refractivity contribution in [3.63, 3.8) is 0 Å². The van der Waals surface area contributed by atoms with Crippen molar-refractivity contribution < 1.29 is 21.6 Å². The molecule has 0 amide bonds. The summed E-state index contributed by atoms with van der Waals surface area (Å²) in [6, 6.07) is 9.77. The fourth-order valence-corrected chi connectivity index (χ4v) is 5.51. The van der Waals surface area contributed by atoms with Crippen LogP contribution in [0.3, 0.4) is 0 Å². The molecule has 2 aromatic heterocycles. The molecule has 11 heteroatoms. The van der Waals surface area contributed by atoms with Gasteiger partial charge >= 0.3 is 6.18 Å². The smallest absolute Gasteiger partial charge is 0.335 e. The Morgan fingerprint density at radius 3 is 2.41 bits per heavy atom. The lowest BCUT2D eigenvalue weighted by Gasteiger charge is -2.19. The maximum absolute atomic E-state index is 12.8. The summed E-state index contributed by atoms with van der Waals surface area (Å²) in [5.74, 6) is 0. The average molecular weight is 488 g/mol. The summed E-state index contributed by atoms with van der Waals surface area (Å²) in [6.07, 6.45) is 0.0951. The van der Waals surface area contributed by atoms with E-state index in [0.29, 0.717) is 34.8 Å². The van der Waals surface area contributed by atoms with Crippen LogP contribution in [0.5, 0.6) is 0 Å². The third-order valence-corrected chi connectivity index (χ3v) is 7.57. The number of benzene rings is 1. The molecule has 1 aliphatic carbocycles. The van der Waals surface area contributed by atoms with Crippen LogP contribution in [0.1, 0.15) is 49.8 Å². The second-order valence-electron chi connectivity index (χ2n) is 8.25. The van der Waals surface area contributed by atoms with Crippen LogP contribution in [0.4, 0.5) is 13.2 Å². The number of rotatable bonds is 5. The zero-order valence-corrected chi connectivity index (χ0v) is 18.9. The van der Waals surface area contributed by atoms with E-state index in [0.717, 1.165) is 37.4 Å². The first-order valence-electron chi connectivity index (χ1n) is 10.6. The molecule has 4 rings (SSSR count). The van der Waals surface area contributed by atoms with Crippen molar-refractivity contribution in [1.29, 1.82) is 10.5 Å².